The molecule has 3 nitrogen and oxygen atoms in total. The van der Waals surface area contributed by atoms with Crippen molar-refractivity contribution in [2.24, 2.45) is 5.92 Å². The predicted octanol–water partition coefficient (Wildman–Crippen LogP) is 3.54. The molecule has 106 valence electrons. The third-order valence-corrected chi connectivity index (χ3v) is 3.87. The second kappa shape index (κ2) is 8.12. The number of esters is 1. The largest absolute Gasteiger partial charge is 0.468 e. The summed E-state index contributed by atoms with van der Waals surface area (Å²) in [5.74, 6) is 0.239. The summed E-state index contributed by atoms with van der Waals surface area (Å²) in [4.78, 5) is 13.1. The molecular weight excluding hydrogens is 258 g/mol. The maximum absolute atomic E-state index is 11.8. The van der Waals surface area contributed by atoms with E-state index in [1.807, 2.05) is 17.5 Å². The van der Waals surface area contributed by atoms with Crippen LogP contribution in [0.3, 0.4) is 0 Å². The Morgan fingerprint density at radius 3 is 2.79 bits per heavy atom. The Morgan fingerprint density at radius 1 is 1.58 bits per heavy atom. The van der Waals surface area contributed by atoms with E-state index >= 15 is 0 Å². The van der Waals surface area contributed by atoms with Crippen LogP contribution in [0.25, 0.3) is 0 Å². The van der Waals surface area contributed by atoms with Crippen LogP contribution in [0.5, 0.6) is 0 Å². The van der Waals surface area contributed by atoms with Crippen molar-refractivity contribution >= 4 is 17.3 Å². The van der Waals surface area contributed by atoms with Gasteiger partial charge in [0, 0.05) is 10.9 Å². The molecule has 1 N–H and O–H groups in total. The minimum Gasteiger partial charge on any atom is -0.468 e. The van der Waals surface area contributed by atoms with E-state index in [2.05, 4.69) is 31.8 Å². The molecule has 4 heteroatoms. The normalized spacial score (nSPS) is 14.1. The third kappa shape index (κ3) is 5.17. The van der Waals surface area contributed by atoms with Crippen molar-refractivity contribution in [2.45, 2.75) is 38.8 Å². The van der Waals surface area contributed by atoms with Gasteiger partial charge in [-0.25, -0.2) is 0 Å². The highest BCUT2D eigenvalue weighted by Gasteiger charge is 2.24. The van der Waals surface area contributed by atoms with E-state index in [1.54, 1.807) is 11.3 Å². The van der Waals surface area contributed by atoms with Gasteiger partial charge >= 0.3 is 5.97 Å². The number of hydrogen-bond acceptors (Lipinski definition) is 4. The van der Waals surface area contributed by atoms with Crippen molar-refractivity contribution in [1.29, 1.82) is 0 Å². The molecule has 0 radical (unpaired) electrons. The molecule has 0 aliphatic rings. The van der Waals surface area contributed by atoms with Gasteiger partial charge in [0.25, 0.3) is 0 Å². The predicted molar refractivity (Wildman–Crippen MR) is 80.3 cm³/mol. The van der Waals surface area contributed by atoms with Crippen LogP contribution < -0.4 is 5.32 Å². The summed E-state index contributed by atoms with van der Waals surface area (Å²) in [6.45, 7) is 8.00. The van der Waals surface area contributed by atoms with E-state index in [4.69, 9.17) is 4.74 Å². The lowest BCUT2D eigenvalue weighted by atomic mass is 10.0. The molecule has 0 aromatic carbocycles. The van der Waals surface area contributed by atoms with Crippen molar-refractivity contribution < 1.29 is 9.53 Å². The van der Waals surface area contributed by atoms with Crippen LogP contribution in [0.15, 0.2) is 30.2 Å². The fraction of sp³-hybridized carbons (Fsp3) is 0.533. The summed E-state index contributed by atoms with van der Waals surface area (Å²) in [5.41, 5.74) is 0. The van der Waals surface area contributed by atoms with E-state index in [-0.39, 0.29) is 18.1 Å². The van der Waals surface area contributed by atoms with E-state index in [9.17, 15) is 4.79 Å². The van der Waals surface area contributed by atoms with Crippen molar-refractivity contribution in [1.82, 2.24) is 5.32 Å². The standard InChI is InChI=1S/C15H23NO2S/c1-5-7-12(14-8-6-9-19-14)16-13(10-11(2)3)15(17)18-4/h5-6,8-9,11-13,16H,1,7,10H2,2-4H3/t12-,13-/m1/s1. The highest BCUT2D eigenvalue weighted by atomic mass is 32.1. The third-order valence-electron chi connectivity index (χ3n) is 2.88. The number of thiophene rings is 1. The summed E-state index contributed by atoms with van der Waals surface area (Å²) in [5, 5.41) is 5.45. The number of methoxy groups -OCH3 is 1. The van der Waals surface area contributed by atoms with Gasteiger partial charge < -0.3 is 4.74 Å². The van der Waals surface area contributed by atoms with Crippen LogP contribution in [0.2, 0.25) is 0 Å². The Bertz CT molecular complexity index is 387. The van der Waals surface area contributed by atoms with Crippen LogP contribution in [0, 0.1) is 5.92 Å². The molecule has 1 aromatic rings. The van der Waals surface area contributed by atoms with Crippen LogP contribution in [-0.4, -0.2) is 19.1 Å². The molecule has 0 bridgehead atoms. The first kappa shape index (κ1) is 15.9. The number of ether oxygens (including phenoxy) is 1. The van der Waals surface area contributed by atoms with Crippen molar-refractivity contribution in [3.05, 3.63) is 35.0 Å². The average Bonchev–Trinajstić information content (AvgIpc) is 2.89. The maximum Gasteiger partial charge on any atom is 0.322 e. The van der Waals surface area contributed by atoms with Gasteiger partial charge in [-0.1, -0.05) is 26.0 Å². The lowest BCUT2D eigenvalue weighted by Gasteiger charge is -2.24. The maximum atomic E-state index is 11.8. The van der Waals surface area contributed by atoms with Crippen LogP contribution >= 0.6 is 11.3 Å². The Kier molecular flexibility index (Phi) is 6.81. The molecule has 1 aromatic heterocycles. The number of hydrogen-bond donors (Lipinski definition) is 1. The zero-order chi connectivity index (χ0) is 14.3. The summed E-state index contributed by atoms with van der Waals surface area (Å²) >= 11 is 1.69. The molecule has 0 fully saturated rings. The molecule has 0 saturated heterocycles. The number of carbonyl (C=O) groups is 1. The number of rotatable bonds is 8. The number of carbonyl (C=O) groups excluding carboxylic acids is 1. The van der Waals surface area contributed by atoms with Crippen molar-refractivity contribution in [3.8, 4) is 0 Å². The van der Waals surface area contributed by atoms with Crippen LogP contribution in [0.1, 0.15) is 37.6 Å². The first-order valence-corrected chi connectivity index (χ1v) is 7.44. The summed E-state index contributed by atoms with van der Waals surface area (Å²) in [7, 11) is 1.44. The molecule has 1 rings (SSSR count). The van der Waals surface area contributed by atoms with Gasteiger partial charge in [0.2, 0.25) is 0 Å². The molecule has 0 unspecified atom stereocenters. The smallest absolute Gasteiger partial charge is 0.322 e. The fourth-order valence-corrected chi connectivity index (χ4v) is 2.81. The van der Waals surface area contributed by atoms with Gasteiger partial charge in [0.05, 0.1) is 7.11 Å². The van der Waals surface area contributed by atoms with Gasteiger partial charge in [-0.2, -0.15) is 0 Å². The second-order valence-corrected chi connectivity index (χ2v) is 5.94. The SMILES string of the molecule is C=CC[C@@H](N[C@H](CC(C)C)C(=O)OC)c1cccs1. The Morgan fingerprint density at radius 2 is 2.32 bits per heavy atom. The molecule has 19 heavy (non-hydrogen) atoms. The molecule has 0 saturated carbocycles. The highest BCUT2D eigenvalue weighted by Crippen LogP contribution is 2.24. The minimum absolute atomic E-state index is 0.125. The number of nitrogens with one attached hydrogen (secondary N) is 1. The first-order chi connectivity index (χ1) is 9.08. The zero-order valence-electron chi connectivity index (χ0n) is 11.9. The molecule has 0 aliphatic carbocycles. The second-order valence-electron chi connectivity index (χ2n) is 4.96. The van der Waals surface area contributed by atoms with E-state index in [0.29, 0.717) is 5.92 Å². The molecule has 0 amide bonds. The molecule has 0 spiro atoms. The highest BCUT2D eigenvalue weighted by molar-refractivity contribution is 7.10. The fourth-order valence-electron chi connectivity index (χ4n) is 2.01. The summed E-state index contributed by atoms with van der Waals surface area (Å²) in [6, 6.07) is 3.96. The first-order valence-electron chi connectivity index (χ1n) is 6.56. The lowest BCUT2D eigenvalue weighted by Crippen LogP contribution is -2.40. The molecule has 2 atom stereocenters. The topological polar surface area (TPSA) is 38.3 Å². The van der Waals surface area contributed by atoms with Crippen molar-refractivity contribution in [3.63, 3.8) is 0 Å². The Hall–Kier alpha value is -1.13. The lowest BCUT2D eigenvalue weighted by molar-refractivity contribution is -0.143. The van der Waals surface area contributed by atoms with Crippen molar-refractivity contribution in [2.75, 3.05) is 7.11 Å². The molecule has 0 aliphatic heterocycles. The van der Waals surface area contributed by atoms with E-state index < -0.39 is 0 Å². The Balaban J connectivity index is 2.78. The van der Waals surface area contributed by atoms with Gasteiger partial charge in [-0.05, 0) is 30.2 Å². The quantitative estimate of drug-likeness (QED) is 0.585. The summed E-state index contributed by atoms with van der Waals surface area (Å²) < 4.78 is 4.89. The molecule has 1 heterocycles. The Labute approximate surface area is 119 Å². The monoisotopic (exact) mass is 281 g/mol. The van der Waals surface area contributed by atoms with Gasteiger partial charge in [-0.15, -0.1) is 17.9 Å². The molecular formula is C15H23NO2S. The van der Waals surface area contributed by atoms with Gasteiger partial charge in [0.1, 0.15) is 6.04 Å². The van der Waals surface area contributed by atoms with Gasteiger partial charge in [-0.3, -0.25) is 10.1 Å². The van der Waals surface area contributed by atoms with Gasteiger partial charge in [0.15, 0.2) is 0 Å². The van der Waals surface area contributed by atoms with Crippen LogP contribution in [0.4, 0.5) is 0 Å². The summed E-state index contributed by atoms with van der Waals surface area (Å²) in [6.07, 6.45) is 3.44. The van der Waals surface area contributed by atoms with E-state index in [1.165, 1.54) is 12.0 Å². The minimum atomic E-state index is -0.267. The average molecular weight is 281 g/mol. The zero-order valence-corrected chi connectivity index (χ0v) is 12.7. The van der Waals surface area contributed by atoms with Crippen LogP contribution in [-0.2, 0) is 9.53 Å². The van der Waals surface area contributed by atoms with E-state index in [0.717, 1.165) is 12.8 Å².